The molecule has 0 fully saturated rings. The molecule has 0 unspecified atom stereocenters. The van der Waals surface area contributed by atoms with E-state index in [0.29, 0.717) is 12.1 Å². The maximum atomic E-state index is 13.7. The topological polar surface area (TPSA) is 81.7 Å². The highest BCUT2D eigenvalue weighted by Gasteiger charge is 2.24. The number of sulfonamides is 1. The smallest absolute Gasteiger partial charge is 0.267 e. The first kappa shape index (κ1) is 18.9. The fourth-order valence-corrected chi connectivity index (χ4v) is 3.30. The molecule has 0 aliphatic carbocycles. The lowest BCUT2D eigenvalue weighted by Gasteiger charge is -2.12. The van der Waals surface area contributed by atoms with E-state index in [9.17, 15) is 22.0 Å². The van der Waals surface area contributed by atoms with Crippen molar-refractivity contribution < 1.29 is 31.5 Å². The molecular formula is C15H12ClF2NO5S. The number of ether oxygens (including phenoxy) is 2. The molecule has 10 heteroatoms. The SMILES string of the molecule is COc1cc(C(=O)NS(=O)(=O)c2ccc(F)cc2F)cc(Cl)c1OC. The van der Waals surface area contributed by atoms with Crippen molar-refractivity contribution in [1.82, 2.24) is 4.72 Å². The minimum Gasteiger partial charge on any atom is -0.493 e. The summed E-state index contributed by atoms with van der Waals surface area (Å²) in [5.41, 5.74) is -0.159. The highest BCUT2D eigenvalue weighted by atomic mass is 35.5. The molecule has 25 heavy (non-hydrogen) atoms. The second kappa shape index (κ2) is 7.24. The van der Waals surface area contributed by atoms with Crippen LogP contribution in [0.2, 0.25) is 5.02 Å². The summed E-state index contributed by atoms with van der Waals surface area (Å²) in [5, 5.41) is 0.0114. The van der Waals surface area contributed by atoms with Gasteiger partial charge in [0.1, 0.15) is 16.5 Å². The molecule has 0 aliphatic rings. The van der Waals surface area contributed by atoms with Crippen molar-refractivity contribution in [2.24, 2.45) is 0 Å². The van der Waals surface area contributed by atoms with Crippen LogP contribution in [0.3, 0.4) is 0 Å². The van der Waals surface area contributed by atoms with Crippen molar-refractivity contribution in [2.75, 3.05) is 14.2 Å². The third-order valence-corrected chi connectivity index (χ3v) is 4.75. The van der Waals surface area contributed by atoms with Gasteiger partial charge in [-0.3, -0.25) is 4.79 Å². The maximum absolute atomic E-state index is 13.7. The van der Waals surface area contributed by atoms with E-state index < -0.39 is 32.5 Å². The zero-order chi connectivity index (χ0) is 18.8. The number of amides is 1. The lowest BCUT2D eigenvalue weighted by molar-refractivity contribution is 0.0981. The Hall–Kier alpha value is -2.39. The van der Waals surface area contributed by atoms with Crippen LogP contribution in [0.15, 0.2) is 35.2 Å². The van der Waals surface area contributed by atoms with Crippen LogP contribution in [0.5, 0.6) is 11.5 Å². The summed E-state index contributed by atoms with van der Waals surface area (Å²) in [6, 6.07) is 4.23. The number of methoxy groups -OCH3 is 2. The molecule has 0 heterocycles. The third kappa shape index (κ3) is 3.99. The van der Waals surface area contributed by atoms with Gasteiger partial charge >= 0.3 is 0 Å². The van der Waals surface area contributed by atoms with Gasteiger partial charge in [0.25, 0.3) is 15.9 Å². The average Bonchev–Trinajstić information content (AvgIpc) is 2.53. The molecule has 0 saturated heterocycles. The Bertz CT molecular complexity index is 934. The Morgan fingerprint density at radius 2 is 1.80 bits per heavy atom. The van der Waals surface area contributed by atoms with Gasteiger partial charge in [0.05, 0.1) is 19.2 Å². The van der Waals surface area contributed by atoms with Gasteiger partial charge in [-0.15, -0.1) is 0 Å². The number of halogens is 3. The van der Waals surface area contributed by atoms with E-state index in [4.69, 9.17) is 21.1 Å². The zero-order valence-corrected chi connectivity index (χ0v) is 14.5. The first-order valence-corrected chi connectivity index (χ1v) is 8.49. The van der Waals surface area contributed by atoms with Crippen LogP contribution in [-0.4, -0.2) is 28.5 Å². The minimum atomic E-state index is -4.56. The van der Waals surface area contributed by atoms with Crippen molar-refractivity contribution in [3.63, 3.8) is 0 Å². The summed E-state index contributed by atoms with van der Waals surface area (Å²) >= 11 is 5.95. The number of carbonyl (C=O) groups is 1. The molecule has 0 aliphatic heterocycles. The summed E-state index contributed by atoms with van der Waals surface area (Å²) in [7, 11) is -1.91. The van der Waals surface area contributed by atoms with Gasteiger partial charge in [-0.25, -0.2) is 21.9 Å². The molecule has 1 amide bonds. The van der Waals surface area contributed by atoms with Gasteiger partial charge in [0.15, 0.2) is 11.5 Å². The van der Waals surface area contributed by atoms with E-state index in [1.165, 1.54) is 20.3 Å². The zero-order valence-electron chi connectivity index (χ0n) is 13.0. The van der Waals surface area contributed by atoms with Crippen molar-refractivity contribution in [2.45, 2.75) is 4.90 Å². The molecule has 2 rings (SSSR count). The van der Waals surface area contributed by atoms with Gasteiger partial charge in [0.2, 0.25) is 0 Å². The highest BCUT2D eigenvalue weighted by Crippen LogP contribution is 2.36. The highest BCUT2D eigenvalue weighted by molar-refractivity contribution is 7.90. The second-order valence-corrected chi connectivity index (χ2v) is 6.76. The molecule has 2 aromatic carbocycles. The van der Waals surface area contributed by atoms with E-state index in [0.717, 1.165) is 12.1 Å². The first-order chi connectivity index (χ1) is 11.7. The molecule has 134 valence electrons. The predicted octanol–water partition coefficient (Wildman–Crippen LogP) is 2.75. The third-order valence-electron chi connectivity index (χ3n) is 3.11. The molecule has 0 radical (unpaired) electrons. The van der Waals surface area contributed by atoms with Crippen LogP contribution in [0.4, 0.5) is 8.78 Å². The number of hydrogen-bond donors (Lipinski definition) is 1. The molecule has 2 aromatic rings. The Balaban J connectivity index is 2.37. The van der Waals surface area contributed by atoms with E-state index >= 15 is 0 Å². The van der Waals surface area contributed by atoms with Crippen LogP contribution < -0.4 is 14.2 Å². The standard InChI is InChI=1S/C15H12ClF2NO5S/c1-23-12-6-8(5-10(16)14(12)24-2)15(20)19-25(21,22)13-4-3-9(17)7-11(13)18/h3-7H,1-2H3,(H,19,20). The van der Waals surface area contributed by atoms with Crippen LogP contribution >= 0.6 is 11.6 Å². The molecular weight excluding hydrogens is 380 g/mol. The molecule has 0 aromatic heterocycles. The van der Waals surface area contributed by atoms with Crippen LogP contribution in [0.1, 0.15) is 10.4 Å². The van der Waals surface area contributed by atoms with Crippen molar-refractivity contribution in [1.29, 1.82) is 0 Å². The summed E-state index contributed by atoms with van der Waals surface area (Å²) < 4.78 is 62.5. The van der Waals surface area contributed by atoms with Crippen molar-refractivity contribution >= 4 is 27.5 Å². The monoisotopic (exact) mass is 391 g/mol. The summed E-state index contributed by atoms with van der Waals surface area (Å²) in [4.78, 5) is 11.3. The molecule has 0 spiro atoms. The van der Waals surface area contributed by atoms with Gasteiger partial charge in [-0.05, 0) is 24.3 Å². The lowest BCUT2D eigenvalue weighted by Crippen LogP contribution is -2.31. The number of rotatable bonds is 5. The first-order valence-electron chi connectivity index (χ1n) is 6.63. The Morgan fingerprint density at radius 1 is 1.12 bits per heavy atom. The van der Waals surface area contributed by atoms with Gasteiger partial charge in [-0.1, -0.05) is 11.6 Å². The normalized spacial score (nSPS) is 11.1. The van der Waals surface area contributed by atoms with Crippen LogP contribution in [0.25, 0.3) is 0 Å². The molecule has 0 saturated carbocycles. The summed E-state index contributed by atoms with van der Waals surface area (Å²) in [6.45, 7) is 0. The number of nitrogens with one attached hydrogen (secondary N) is 1. The van der Waals surface area contributed by atoms with Gasteiger partial charge in [-0.2, -0.15) is 0 Å². The summed E-state index contributed by atoms with van der Waals surface area (Å²) in [6.07, 6.45) is 0. The van der Waals surface area contributed by atoms with Gasteiger partial charge < -0.3 is 9.47 Å². The Morgan fingerprint density at radius 3 is 2.36 bits per heavy atom. The largest absolute Gasteiger partial charge is 0.493 e. The number of benzene rings is 2. The van der Waals surface area contributed by atoms with Crippen molar-refractivity contribution in [3.8, 4) is 11.5 Å². The minimum absolute atomic E-state index is 0.0114. The molecule has 0 bridgehead atoms. The lowest BCUT2D eigenvalue weighted by atomic mass is 10.2. The van der Waals surface area contributed by atoms with E-state index in [2.05, 4.69) is 0 Å². The number of carbonyl (C=O) groups excluding carboxylic acids is 1. The quantitative estimate of drug-likeness (QED) is 0.847. The van der Waals surface area contributed by atoms with Crippen LogP contribution in [-0.2, 0) is 10.0 Å². The Labute approximate surface area is 147 Å². The predicted molar refractivity (Wildman–Crippen MR) is 85.6 cm³/mol. The van der Waals surface area contributed by atoms with Crippen molar-refractivity contribution in [3.05, 3.63) is 52.6 Å². The second-order valence-electron chi connectivity index (χ2n) is 4.70. The Kier molecular flexibility index (Phi) is 5.48. The van der Waals surface area contributed by atoms with E-state index in [1.54, 1.807) is 4.72 Å². The molecule has 6 nitrogen and oxygen atoms in total. The van der Waals surface area contributed by atoms with Gasteiger partial charge in [0, 0.05) is 11.6 Å². The van der Waals surface area contributed by atoms with Crippen LogP contribution in [0, 0.1) is 11.6 Å². The summed E-state index contributed by atoms with van der Waals surface area (Å²) in [5.74, 6) is -3.09. The fraction of sp³-hybridized carbons (Fsp3) is 0.133. The average molecular weight is 392 g/mol. The molecule has 1 N–H and O–H groups in total. The van der Waals surface area contributed by atoms with E-state index in [1.807, 2.05) is 0 Å². The molecule has 0 atom stereocenters. The fourth-order valence-electron chi connectivity index (χ4n) is 1.98. The number of hydrogen-bond acceptors (Lipinski definition) is 5. The van der Waals surface area contributed by atoms with E-state index in [-0.39, 0.29) is 22.1 Å². The maximum Gasteiger partial charge on any atom is 0.267 e.